The monoisotopic (exact) mass is 270 g/mol. The molecule has 0 atom stereocenters. The highest BCUT2D eigenvalue weighted by atomic mass is 79.9. The molecule has 1 aliphatic carbocycles. The van der Waals surface area contributed by atoms with Gasteiger partial charge in [-0.15, -0.1) is 0 Å². The van der Waals surface area contributed by atoms with Crippen LogP contribution in [0.3, 0.4) is 0 Å². The van der Waals surface area contributed by atoms with E-state index >= 15 is 0 Å². The van der Waals surface area contributed by atoms with E-state index in [9.17, 15) is 4.79 Å². The Morgan fingerprint density at radius 3 is 2.93 bits per heavy atom. The number of rotatable bonds is 1. The molecule has 0 radical (unpaired) electrons. The van der Waals surface area contributed by atoms with Crippen LogP contribution in [0.5, 0.6) is 5.88 Å². The number of carbonyl (C=O) groups is 1. The van der Waals surface area contributed by atoms with Gasteiger partial charge in [0.15, 0.2) is 5.78 Å². The number of nitrogens with zero attached hydrogens (tertiary/aromatic N) is 2. The number of aromatic nitrogens is 2. The number of halogens is 1. The summed E-state index contributed by atoms with van der Waals surface area (Å²) in [4.78, 5) is 11.4. The summed E-state index contributed by atoms with van der Waals surface area (Å²) in [6.07, 6.45) is 2.42. The van der Waals surface area contributed by atoms with Crippen molar-refractivity contribution in [2.75, 3.05) is 6.61 Å². The highest BCUT2D eigenvalue weighted by Crippen LogP contribution is 2.50. The van der Waals surface area contributed by atoms with Crippen LogP contribution in [-0.2, 0) is 6.54 Å². The van der Waals surface area contributed by atoms with Gasteiger partial charge >= 0.3 is 0 Å². The van der Waals surface area contributed by atoms with Gasteiger partial charge in [-0.3, -0.25) is 4.79 Å². The predicted molar refractivity (Wildman–Crippen MR) is 57.1 cm³/mol. The van der Waals surface area contributed by atoms with Crippen molar-refractivity contribution in [2.24, 2.45) is 5.41 Å². The molecule has 1 aromatic rings. The van der Waals surface area contributed by atoms with Gasteiger partial charge < -0.3 is 4.74 Å². The molecule has 1 aromatic heterocycles. The second-order valence-corrected chi connectivity index (χ2v) is 5.22. The summed E-state index contributed by atoms with van der Waals surface area (Å²) >= 11 is 3.30. The third-order valence-electron chi connectivity index (χ3n) is 3.17. The topological polar surface area (TPSA) is 44.1 Å². The maximum absolute atomic E-state index is 11.4. The van der Waals surface area contributed by atoms with Crippen LogP contribution < -0.4 is 4.74 Å². The number of carbonyl (C=O) groups excluding carboxylic acids is 1. The van der Waals surface area contributed by atoms with Crippen molar-refractivity contribution in [2.45, 2.75) is 26.3 Å². The minimum Gasteiger partial charge on any atom is -0.477 e. The van der Waals surface area contributed by atoms with Crippen LogP contribution in [0.25, 0.3) is 0 Å². The summed E-state index contributed by atoms with van der Waals surface area (Å²) in [5, 5.41) is 4.30. The molecule has 2 heterocycles. The van der Waals surface area contributed by atoms with Crippen LogP contribution in [0.4, 0.5) is 0 Å². The minimum atomic E-state index is -0.00475. The zero-order valence-electron chi connectivity index (χ0n) is 8.42. The van der Waals surface area contributed by atoms with Gasteiger partial charge in [-0.2, -0.15) is 5.10 Å². The molecule has 0 aromatic carbocycles. The van der Waals surface area contributed by atoms with Crippen molar-refractivity contribution in [3.63, 3.8) is 0 Å². The fourth-order valence-corrected chi connectivity index (χ4v) is 2.67. The van der Waals surface area contributed by atoms with Crippen LogP contribution in [0.2, 0.25) is 0 Å². The van der Waals surface area contributed by atoms with Gasteiger partial charge in [0.2, 0.25) is 5.88 Å². The quantitative estimate of drug-likeness (QED) is 0.734. The van der Waals surface area contributed by atoms with Crippen LogP contribution in [0.1, 0.15) is 30.1 Å². The maximum atomic E-state index is 11.4. The average Bonchev–Trinajstić information content (AvgIpc) is 2.80. The minimum absolute atomic E-state index is 0.00475. The molecule has 0 unspecified atom stereocenters. The number of fused-ring (bicyclic) bond motifs is 1. The molecule has 80 valence electrons. The first-order valence-corrected chi connectivity index (χ1v) is 5.81. The van der Waals surface area contributed by atoms with Crippen LogP contribution >= 0.6 is 15.9 Å². The lowest BCUT2D eigenvalue weighted by atomic mass is 10.1. The Kier molecular flexibility index (Phi) is 1.78. The Morgan fingerprint density at radius 1 is 1.60 bits per heavy atom. The maximum Gasteiger partial charge on any atom is 0.224 e. The standard InChI is InChI=1S/C10H11BrN2O2/c1-6(14)7-8(11)12-13-4-10(2-3-10)5-15-9(7)13/h2-5H2,1H3. The van der Waals surface area contributed by atoms with E-state index in [0.29, 0.717) is 21.5 Å². The molecule has 1 spiro atoms. The lowest BCUT2D eigenvalue weighted by Crippen LogP contribution is -2.27. The van der Waals surface area contributed by atoms with Crippen molar-refractivity contribution in [1.82, 2.24) is 9.78 Å². The molecule has 0 N–H and O–H groups in total. The van der Waals surface area contributed by atoms with Crippen molar-refractivity contribution < 1.29 is 9.53 Å². The van der Waals surface area contributed by atoms with Gasteiger partial charge in [0.05, 0.1) is 13.2 Å². The Morgan fingerprint density at radius 2 is 2.33 bits per heavy atom. The highest BCUT2D eigenvalue weighted by Gasteiger charge is 2.48. The average molecular weight is 271 g/mol. The van der Waals surface area contributed by atoms with Gasteiger partial charge in [-0.25, -0.2) is 4.68 Å². The Labute approximate surface area is 95.7 Å². The van der Waals surface area contributed by atoms with Gasteiger partial charge in [-0.1, -0.05) is 0 Å². The first-order valence-electron chi connectivity index (χ1n) is 5.01. The van der Waals surface area contributed by atoms with Crippen LogP contribution in [0, 0.1) is 5.41 Å². The fourth-order valence-electron chi connectivity index (χ4n) is 2.03. The summed E-state index contributed by atoms with van der Waals surface area (Å²) in [5.41, 5.74) is 0.887. The lowest BCUT2D eigenvalue weighted by Gasteiger charge is -2.23. The predicted octanol–water partition coefficient (Wildman–Crippen LogP) is 2.02. The summed E-state index contributed by atoms with van der Waals surface area (Å²) in [5.74, 6) is 0.627. The Bertz CT molecular complexity index is 449. The first kappa shape index (κ1) is 9.39. The lowest BCUT2D eigenvalue weighted by molar-refractivity contribution is 0.0997. The van der Waals surface area contributed by atoms with Gasteiger partial charge in [0.25, 0.3) is 0 Å². The van der Waals surface area contributed by atoms with E-state index in [2.05, 4.69) is 21.0 Å². The van der Waals surface area contributed by atoms with Crippen LogP contribution in [-0.4, -0.2) is 22.2 Å². The normalized spacial score (nSPS) is 20.9. The highest BCUT2D eigenvalue weighted by molar-refractivity contribution is 9.10. The number of ether oxygens (including phenoxy) is 1. The third-order valence-corrected chi connectivity index (χ3v) is 3.73. The summed E-state index contributed by atoms with van der Waals surface area (Å²) < 4.78 is 8.08. The van der Waals surface area contributed by atoms with Crippen molar-refractivity contribution >= 4 is 21.7 Å². The van der Waals surface area contributed by atoms with E-state index in [1.165, 1.54) is 19.8 Å². The number of Topliss-reactive ketones (excluding diaryl/α,β-unsaturated/α-hetero) is 1. The fraction of sp³-hybridized carbons (Fsp3) is 0.600. The Hall–Kier alpha value is -0.840. The van der Waals surface area contributed by atoms with Gasteiger partial charge in [-0.05, 0) is 35.7 Å². The first-order chi connectivity index (χ1) is 7.11. The van der Waals surface area contributed by atoms with E-state index in [4.69, 9.17) is 4.74 Å². The van der Waals surface area contributed by atoms with Crippen molar-refractivity contribution in [3.05, 3.63) is 10.2 Å². The second-order valence-electron chi connectivity index (χ2n) is 4.47. The van der Waals surface area contributed by atoms with Crippen molar-refractivity contribution in [3.8, 4) is 5.88 Å². The molecule has 15 heavy (non-hydrogen) atoms. The van der Waals surface area contributed by atoms with Crippen molar-refractivity contribution in [1.29, 1.82) is 0 Å². The molecule has 0 amide bonds. The van der Waals surface area contributed by atoms with E-state index in [1.807, 2.05) is 4.68 Å². The zero-order valence-corrected chi connectivity index (χ0v) is 10.0. The molecule has 1 saturated carbocycles. The van der Waals surface area contributed by atoms with Gasteiger partial charge in [0, 0.05) is 5.41 Å². The second kappa shape index (κ2) is 2.84. The molecule has 5 heteroatoms. The largest absolute Gasteiger partial charge is 0.477 e. The van der Waals surface area contributed by atoms with E-state index < -0.39 is 0 Å². The summed E-state index contributed by atoms with van der Waals surface area (Å²) in [7, 11) is 0. The van der Waals surface area contributed by atoms with Crippen LogP contribution in [0.15, 0.2) is 4.60 Å². The summed E-state index contributed by atoms with van der Waals surface area (Å²) in [6, 6.07) is 0. The molecular formula is C10H11BrN2O2. The van der Waals surface area contributed by atoms with Gasteiger partial charge in [0.1, 0.15) is 10.2 Å². The molecule has 0 bridgehead atoms. The molecule has 4 nitrogen and oxygen atoms in total. The zero-order chi connectivity index (χ0) is 10.6. The van der Waals surface area contributed by atoms with E-state index in [-0.39, 0.29) is 5.78 Å². The Balaban J connectivity index is 2.06. The van der Waals surface area contributed by atoms with E-state index in [0.717, 1.165) is 13.2 Å². The molecule has 1 fully saturated rings. The van der Waals surface area contributed by atoms with E-state index in [1.54, 1.807) is 0 Å². The molecular weight excluding hydrogens is 260 g/mol. The summed E-state index contributed by atoms with van der Waals surface area (Å²) in [6.45, 7) is 3.15. The number of ketones is 1. The number of hydrogen-bond acceptors (Lipinski definition) is 3. The smallest absolute Gasteiger partial charge is 0.224 e. The molecule has 1 aliphatic heterocycles. The SMILES string of the molecule is CC(=O)c1c(Br)nn2c1OCC1(CC1)C2. The molecule has 3 rings (SSSR count). The number of hydrogen-bond donors (Lipinski definition) is 0. The molecule has 2 aliphatic rings. The molecule has 0 saturated heterocycles. The third kappa shape index (κ3) is 1.33.